The lowest BCUT2D eigenvalue weighted by Crippen LogP contribution is -1.95. The van der Waals surface area contributed by atoms with Crippen molar-refractivity contribution in [2.45, 2.75) is 14.0 Å². The maximum absolute atomic E-state index is 5.94. The van der Waals surface area contributed by atoms with Crippen molar-refractivity contribution in [2.24, 2.45) is 0 Å². The molecule has 0 saturated heterocycles. The molecule has 0 spiro atoms. The highest BCUT2D eigenvalue weighted by Crippen LogP contribution is 2.36. The molecule has 5 aromatic rings. The molecule has 1 heteroatoms. The van der Waals surface area contributed by atoms with E-state index in [2.05, 4.69) is 78.9 Å². The maximum atomic E-state index is 5.94. The second-order valence-corrected chi connectivity index (χ2v) is 6.91. The zero-order chi connectivity index (χ0) is 18.1. The van der Waals surface area contributed by atoms with Crippen LogP contribution < -0.4 is 0 Å². The fourth-order valence-corrected chi connectivity index (χ4v) is 3.91. The third-order valence-electron chi connectivity index (χ3n) is 5.20. The molecule has 0 aliphatic heterocycles. The van der Waals surface area contributed by atoms with Crippen molar-refractivity contribution >= 4 is 38.4 Å². The lowest BCUT2D eigenvalue weighted by Gasteiger charge is -2.13. The highest BCUT2D eigenvalue weighted by atomic mass is 16.5. The Morgan fingerprint density at radius 2 is 1.32 bits per heavy atom. The van der Waals surface area contributed by atoms with Gasteiger partial charge in [-0.25, -0.2) is 0 Å². The summed E-state index contributed by atoms with van der Waals surface area (Å²) in [7, 11) is 0. The smallest absolute Gasteiger partial charge is 0.0727 e. The summed E-state index contributed by atoms with van der Waals surface area (Å²) in [5.74, 6) is 0. The minimum Gasteiger partial charge on any atom is -0.373 e. The van der Waals surface area contributed by atoms with Crippen LogP contribution in [0.5, 0.6) is 0 Å². The van der Waals surface area contributed by atoms with Gasteiger partial charge in [-0.05, 0) is 43.4 Å². The van der Waals surface area contributed by atoms with E-state index >= 15 is 0 Å². The average molecular weight is 364 g/mol. The topological polar surface area (TPSA) is 9.23 Å². The first-order chi connectivity index (χ1) is 13.4. The first-order valence-corrected chi connectivity index (χ1v) is 9.35. The Labute approximate surface area is 166 Å². The van der Waals surface area contributed by atoms with Crippen molar-refractivity contribution in [3.63, 3.8) is 0 Å². The molecule has 5 rings (SSSR count). The van der Waals surface area contributed by atoms with Gasteiger partial charge < -0.3 is 4.74 Å². The van der Waals surface area contributed by atoms with Gasteiger partial charge in [0.05, 0.1) is 13.2 Å². The molecule has 0 saturated carbocycles. The fourth-order valence-electron chi connectivity index (χ4n) is 3.91. The molecule has 0 aromatic heterocycles. The van der Waals surface area contributed by atoms with Crippen LogP contribution >= 0.6 is 0 Å². The monoisotopic (exact) mass is 364 g/mol. The van der Waals surface area contributed by atoms with E-state index in [-0.39, 0.29) is 7.43 Å². The zero-order valence-electron chi connectivity index (χ0n) is 15.1. The van der Waals surface area contributed by atoms with Crippen LogP contribution in [0.2, 0.25) is 0 Å². The quantitative estimate of drug-likeness (QED) is 0.232. The minimum atomic E-state index is 0. The number of rotatable bonds is 5. The van der Waals surface area contributed by atoms with Gasteiger partial charge in [-0.1, -0.05) is 105 Å². The molecular weight excluding hydrogens is 340 g/mol. The summed E-state index contributed by atoms with van der Waals surface area (Å²) in [5.41, 5.74) is 2.44. The van der Waals surface area contributed by atoms with Crippen molar-refractivity contribution in [3.8, 4) is 0 Å². The highest BCUT2D eigenvalue weighted by Gasteiger charge is 2.10. The van der Waals surface area contributed by atoms with Crippen molar-refractivity contribution < 1.29 is 4.74 Å². The van der Waals surface area contributed by atoms with Gasteiger partial charge in [0.1, 0.15) is 0 Å². The molecule has 0 aliphatic rings. The molecule has 1 nitrogen and oxygen atoms in total. The summed E-state index contributed by atoms with van der Waals surface area (Å²) in [5, 5.41) is 7.90. The summed E-state index contributed by atoms with van der Waals surface area (Å²) < 4.78 is 5.94. The van der Waals surface area contributed by atoms with Crippen LogP contribution in [-0.2, 0) is 11.3 Å². The zero-order valence-corrected chi connectivity index (χ0v) is 15.1. The van der Waals surface area contributed by atoms with Gasteiger partial charge in [0, 0.05) is 0 Å². The van der Waals surface area contributed by atoms with Crippen LogP contribution in [0.4, 0.5) is 0 Å². The SMILES string of the molecule is C.C(=Cc1ccccc1)COCc1ccc2ccc3cccc4ccc1c2c34. The van der Waals surface area contributed by atoms with E-state index in [1.54, 1.807) is 0 Å². The number of hydrogen-bond acceptors (Lipinski definition) is 1. The molecule has 0 bridgehead atoms. The molecule has 0 atom stereocenters. The van der Waals surface area contributed by atoms with E-state index in [4.69, 9.17) is 4.74 Å². The summed E-state index contributed by atoms with van der Waals surface area (Å²) in [6, 6.07) is 30.1. The first kappa shape index (κ1) is 18.2. The summed E-state index contributed by atoms with van der Waals surface area (Å²) in [4.78, 5) is 0. The number of benzene rings is 5. The van der Waals surface area contributed by atoms with Crippen LogP contribution in [-0.4, -0.2) is 6.61 Å². The molecule has 0 amide bonds. The highest BCUT2D eigenvalue weighted by molar-refractivity contribution is 6.23. The normalized spacial score (nSPS) is 11.6. The Hall–Kier alpha value is -3.16. The van der Waals surface area contributed by atoms with E-state index in [0.29, 0.717) is 13.2 Å². The second kappa shape index (κ2) is 7.84. The molecule has 5 aromatic carbocycles. The molecule has 0 aliphatic carbocycles. The molecular formula is C27H24O. The van der Waals surface area contributed by atoms with Crippen LogP contribution in [0.15, 0.2) is 91.0 Å². The molecule has 0 radical (unpaired) electrons. The second-order valence-electron chi connectivity index (χ2n) is 6.91. The van der Waals surface area contributed by atoms with Crippen LogP contribution in [0.1, 0.15) is 18.6 Å². The minimum absolute atomic E-state index is 0. The van der Waals surface area contributed by atoms with E-state index in [0.717, 1.165) is 0 Å². The molecule has 28 heavy (non-hydrogen) atoms. The summed E-state index contributed by atoms with van der Waals surface area (Å²) in [6.45, 7) is 1.23. The van der Waals surface area contributed by atoms with Crippen molar-refractivity contribution in [3.05, 3.63) is 102 Å². The Morgan fingerprint density at radius 1 is 0.643 bits per heavy atom. The average Bonchev–Trinajstić information content (AvgIpc) is 2.73. The largest absolute Gasteiger partial charge is 0.373 e. The summed E-state index contributed by atoms with van der Waals surface area (Å²) in [6.07, 6.45) is 4.18. The van der Waals surface area contributed by atoms with E-state index in [9.17, 15) is 0 Å². The van der Waals surface area contributed by atoms with Gasteiger partial charge in [-0.2, -0.15) is 0 Å². The van der Waals surface area contributed by atoms with E-state index in [1.807, 2.05) is 18.2 Å². The molecule has 0 heterocycles. The first-order valence-electron chi connectivity index (χ1n) is 9.35. The van der Waals surface area contributed by atoms with Gasteiger partial charge in [0.15, 0.2) is 0 Å². The standard InChI is InChI=1S/C26H20O.CH4/c1-2-6-19(7-3-1)8-5-17-27-18-23-14-13-22-12-11-20-9-4-10-21-15-16-24(23)26(22)25(20)21;/h1-16H,17-18H2;1H4. The lowest BCUT2D eigenvalue weighted by molar-refractivity contribution is 0.150. The fraction of sp³-hybridized carbons (Fsp3) is 0.111. The third kappa shape index (κ3) is 3.26. The Kier molecular flexibility index (Phi) is 5.10. The predicted molar refractivity (Wildman–Crippen MR) is 122 cm³/mol. The van der Waals surface area contributed by atoms with E-state index in [1.165, 1.54) is 43.4 Å². The number of hydrogen-bond donors (Lipinski definition) is 0. The lowest BCUT2D eigenvalue weighted by atomic mass is 9.92. The Morgan fingerprint density at radius 3 is 2.11 bits per heavy atom. The van der Waals surface area contributed by atoms with Crippen molar-refractivity contribution in [2.75, 3.05) is 6.61 Å². The van der Waals surface area contributed by atoms with Crippen LogP contribution in [0, 0.1) is 0 Å². The van der Waals surface area contributed by atoms with Crippen LogP contribution in [0.25, 0.3) is 38.4 Å². The Balaban J connectivity index is 0.00000192. The van der Waals surface area contributed by atoms with Gasteiger partial charge in [0.25, 0.3) is 0 Å². The summed E-state index contributed by atoms with van der Waals surface area (Å²) >= 11 is 0. The predicted octanol–water partition coefficient (Wildman–Crippen LogP) is 7.45. The van der Waals surface area contributed by atoms with Crippen molar-refractivity contribution in [1.82, 2.24) is 0 Å². The van der Waals surface area contributed by atoms with Crippen molar-refractivity contribution in [1.29, 1.82) is 0 Å². The maximum Gasteiger partial charge on any atom is 0.0727 e. The molecule has 0 unspecified atom stereocenters. The molecule has 138 valence electrons. The van der Waals surface area contributed by atoms with E-state index < -0.39 is 0 Å². The Bertz CT molecular complexity index is 1220. The van der Waals surface area contributed by atoms with Gasteiger partial charge in [-0.15, -0.1) is 0 Å². The molecule has 0 N–H and O–H groups in total. The molecule has 0 fully saturated rings. The number of ether oxygens (including phenoxy) is 1. The van der Waals surface area contributed by atoms with Crippen LogP contribution in [0.3, 0.4) is 0 Å². The van der Waals surface area contributed by atoms with Gasteiger partial charge >= 0.3 is 0 Å². The van der Waals surface area contributed by atoms with Gasteiger partial charge in [-0.3, -0.25) is 0 Å². The van der Waals surface area contributed by atoms with Gasteiger partial charge in [0.2, 0.25) is 0 Å². The third-order valence-corrected chi connectivity index (χ3v) is 5.20.